The van der Waals surface area contributed by atoms with Crippen molar-refractivity contribution in [1.29, 1.82) is 0 Å². The number of aliphatic carboxylic acids is 1. The smallest absolute Gasteiger partial charge is 0.325 e. The quantitative estimate of drug-likeness (QED) is 0.151. The maximum Gasteiger partial charge on any atom is 0.325 e. The fourth-order valence-electron chi connectivity index (χ4n) is 4.87. The van der Waals surface area contributed by atoms with Gasteiger partial charge in [0.1, 0.15) is 17.9 Å². The molecular weight excluding hydrogens is 615 g/mol. The molecule has 5 aromatic rings. The van der Waals surface area contributed by atoms with E-state index in [1.54, 1.807) is 36.7 Å². The van der Waals surface area contributed by atoms with Gasteiger partial charge in [0, 0.05) is 40.4 Å². The number of carbonyl (C=O) groups excluding carboxylic acids is 2. The maximum absolute atomic E-state index is 14.2. The normalized spacial score (nSPS) is 12.6. The fourth-order valence-corrected chi connectivity index (χ4v) is 5.83. The monoisotopic (exact) mass is 650 g/mol. The molecule has 0 aliphatic carbocycles. The van der Waals surface area contributed by atoms with Gasteiger partial charge in [0.05, 0.1) is 4.88 Å². The largest absolute Gasteiger partial charge is 0.480 e. The van der Waals surface area contributed by atoms with E-state index in [0.29, 0.717) is 16.3 Å². The number of hydrogen-bond acceptors (Lipinski definition) is 6. The second-order valence-electron chi connectivity index (χ2n) is 12.3. The SMILES string of the molecule is C[C@@H](NC(=O)[C@H](Cc1ccc(-c2ncc(-c3ccc(-c4ccccc4F)cc3)cn2)cc1)NC(=O)c1ccc(C(C)(C)C)s1)C(=O)O. The zero-order chi connectivity index (χ0) is 33.7. The summed E-state index contributed by atoms with van der Waals surface area (Å²) in [4.78, 5) is 48.2. The first-order valence-corrected chi connectivity index (χ1v) is 15.9. The molecule has 5 rings (SSSR count). The lowest BCUT2D eigenvalue weighted by Gasteiger charge is -2.20. The summed E-state index contributed by atoms with van der Waals surface area (Å²) in [6, 6.07) is 23.0. The molecular formula is C37H35FN4O4S. The second kappa shape index (κ2) is 14.0. The van der Waals surface area contributed by atoms with Crippen LogP contribution in [0.2, 0.25) is 0 Å². The van der Waals surface area contributed by atoms with E-state index in [0.717, 1.165) is 32.7 Å². The van der Waals surface area contributed by atoms with Crippen LogP contribution in [0.5, 0.6) is 0 Å². The number of hydrogen-bond donors (Lipinski definition) is 3. The topological polar surface area (TPSA) is 121 Å². The third-order valence-corrected chi connectivity index (χ3v) is 9.14. The third kappa shape index (κ3) is 8.14. The number of amides is 2. The van der Waals surface area contributed by atoms with Gasteiger partial charge in [-0.2, -0.15) is 0 Å². The summed E-state index contributed by atoms with van der Waals surface area (Å²) in [6.45, 7) is 7.54. The van der Waals surface area contributed by atoms with Crippen molar-refractivity contribution >= 4 is 29.1 Å². The minimum Gasteiger partial charge on any atom is -0.480 e. The lowest BCUT2D eigenvalue weighted by Crippen LogP contribution is -2.51. The summed E-state index contributed by atoms with van der Waals surface area (Å²) in [6.07, 6.45) is 3.59. The number of carbonyl (C=O) groups is 3. The van der Waals surface area contributed by atoms with Gasteiger partial charge in [-0.05, 0) is 47.2 Å². The molecule has 0 saturated heterocycles. The van der Waals surface area contributed by atoms with Crippen LogP contribution < -0.4 is 10.6 Å². The van der Waals surface area contributed by atoms with Crippen LogP contribution in [0.3, 0.4) is 0 Å². The van der Waals surface area contributed by atoms with Crippen LogP contribution in [0.4, 0.5) is 4.39 Å². The van der Waals surface area contributed by atoms with Gasteiger partial charge in [-0.1, -0.05) is 87.5 Å². The molecule has 0 fully saturated rings. The summed E-state index contributed by atoms with van der Waals surface area (Å²) >= 11 is 1.36. The molecule has 8 nitrogen and oxygen atoms in total. The number of nitrogens with zero attached hydrogens (tertiary/aromatic N) is 2. The van der Waals surface area contributed by atoms with Crippen LogP contribution in [0, 0.1) is 5.82 Å². The summed E-state index contributed by atoms with van der Waals surface area (Å²) in [5, 5.41) is 14.6. The number of aromatic nitrogens is 2. The molecule has 0 aliphatic heterocycles. The summed E-state index contributed by atoms with van der Waals surface area (Å²) in [7, 11) is 0. The molecule has 2 amide bonds. The Labute approximate surface area is 276 Å². The highest BCUT2D eigenvalue weighted by Gasteiger charge is 2.26. The molecule has 2 heterocycles. The molecule has 240 valence electrons. The summed E-state index contributed by atoms with van der Waals surface area (Å²) < 4.78 is 14.2. The van der Waals surface area contributed by atoms with Crippen molar-refractivity contribution in [3.8, 4) is 33.6 Å². The molecule has 0 bridgehead atoms. The van der Waals surface area contributed by atoms with Crippen molar-refractivity contribution in [1.82, 2.24) is 20.6 Å². The molecule has 2 aromatic heterocycles. The number of halogens is 1. The van der Waals surface area contributed by atoms with Crippen LogP contribution in [0.15, 0.2) is 97.3 Å². The van der Waals surface area contributed by atoms with Crippen molar-refractivity contribution in [2.75, 3.05) is 0 Å². The van der Waals surface area contributed by atoms with Gasteiger partial charge in [-0.15, -0.1) is 11.3 Å². The van der Waals surface area contributed by atoms with Crippen molar-refractivity contribution in [2.24, 2.45) is 0 Å². The van der Waals surface area contributed by atoms with Crippen molar-refractivity contribution in [2.45, 2.75) is 51.6 Å². The zero-order valence-corrected chi connectivity index (χ0v) is 27.3. The third-order valence-electron chi connectivity index (χ3n) is 7.63. The zero-order valence-electron chi connectivity index (χ0n) is 26.5. The van der Waals surface area contributed by atoms with Gasteiger partial charge in [0.2, 0.25) is 5.91 Å². The number of benzene rings is 3. The standard InChI is InChI=1S/C37H35FN4O4S/c1-22(36(45)46)41-34(43)30(42-35(44)31-17-18-32(47-31)37(2,3)4)19-23-9-11-26(12-10-23)33-39-20-27(21-40-33)24-13-15-25(16-14-24)28-7-5-6-8-29(28)38/h5-18,20-22,30H,19H2,1-4H3,(H,41,43)(H,42,44)(H,45,46)/t22-,30+/m1/s1. The Morgan fingerprint density at radius 3 is 2.02 bits per heavy atom. The number of thiophene rings is 1. The number of nitrogens with one attached hydrogen (secondary N) is 2. The van der Waals surface area contributed by atoms with Gasteiger partial charge in [-0.25, -0.2) is 14.4 Å². The van der Waals surface area contributed by atoms with Gasteiger partial charge in [-0.3, -0.25) is 14.4 Å². The molecule has 0 spiro atoms. The van der Waals surface area contributed by atoms with Crippen LogP contribution >= 0.6 is 11.3 Å². The Morgan fingerprint density at radius 2 is 1.43 bits per heavy atom. The molecule has 47 heavy (non-hydrogen) atoms. The van der Waals surface area contributed by atoms with Crippen LogP contribution in [0.25, 0.3) is 33.6 Å². The molecule has 0 aliphatic rings. The Kier molecular flexibility index (Phi) is 9.91. The minimum atomic E-state index is -1.17. The van der Waals surface area contributed by atoms with Gasteiger partial charge in [0.15, 0.2) is 5.82 Å². The number of rotatable bonds is 10. The molecule has 0 unspecified atom stereocenters. The van der Waals surface area contributed by atoms with E-state index >= 15 is 0 Å². The van der Waals surface area contributed by atoms with E-state index in [9.17, 15) is 23.9 Å². The van der Waals surface area contributed by atoms with Gasteiger partial charge < -0.3 is 15.7 Å². The van der Waals surface area contributed by atoms with Crippen molar-refractivity contribution in [3.63, 3.8) is 0 Å². The van der Waals surface area contributed by atoms with E-state index in [2.05, 4.69) is 41.4 Å². The Bertz CT molecular complexity index is 1880. The minimum absolute atomic E-state index is 0.126. The molecule has 3 aromatic carbocycles. The van der Waals surface area contributed by atoms with Gasteiger partial charge >= 0.3 is 5.97 Å². The van der Waals surface area contributed by atoms with Crippen LogP contribution in [-0.2, 0) is 21.4 Å². The predicted molar refractivity (Wildman–Crippen MR) is 182 cm³/mol. The van der Waals surface area contributed by atoms with Crippen LogP contribution in [-0.4, -0.2) is 44.9 Å². The number of carboxylic acids is 1. The number of carboxylic acid groups (broad SMARTS) is 1. The highest BCUT2D eigenvalue weighted by Crippen LogP contribution is 2.30. The first-order chi connectivity index (χ1) is 22.4. The molecule has 3 N–H and O–H groups in total. The lowest BCUT2D eigenvalue weighted by atomic mass is 9.95. The average molecular weight is 651 g/mol. The molecule has 0 saturated carbocycles. The fraction of sp³-hybridized carbons (Fsp3) is 0.216. The predicted octanol–water partition coefficient (Wildman–Crippen LogP) is 6.91. The highest BCUT2D eigenvalue weighted by atomic mass is 32.1. The maximum atomic E-state index is 14.2. The Morgan fingerprint density at radius 1 is 0.809 bits per heavy atom. The van der Waals surface area contributed by atoms with Gasteiger partial charge in [0.25, 0.3) is 5.91 Å². The van der Waals surface area contributed by atoms with E-state index < -0.39 is 29.9 Å². The summed E-state index contributed by atoms with van der Waals surface area (Å²) in [5.41, 5.74) is 4.41. The summed E-state index contributed by atoms with van der Waals surface area (Å²) in [5.74, 6) is -1.94. The average Bonchev–Trinajstić information content (AvgIpc) is 3.57. The lowest BCUT2D eigenvalue weighted by molar-refractivity contribution is -0.141. The van der Waals surface area contributed by atoms with E-state index in [1.807, 2.05) is 54.6 Å². The highest BCUT2D eigenvalue weighted by molar-refractivity contribution is 7.14. The Hall–Kier alpha value is -5.22. The first-order valence-electron chi connectivity index (χ1n) is 15.1. The van der Waals surface area contributed by atoms with Crippen molar-refractivity contribution in [3.05, 3.63) is 118 Å². The molecule has 0 radical (unpaired) electrons. The molecule has 2 atom stereocenters. The first kappa shape index (κ1) is 33.2. The van der Waals surface area contributed by atoms with Crippen molar-refractivity contribution < 1.29 is 23.9 Å². The Balaban J connectivity index is 1.29. The van der Waals surface area contributed by atoms with E-state index in [4.69, 9.17) is 0 Å². The second-order valence-corrected chi connectivity index (χ2v) is 13.3. The molecule has 10 heteroatoms. The van der Waals surface area contributed by atoms with E-state index in [-0.39, 0.29) is 17.7 Å². The van der Waals surface area contributed by atoms with Crippen LogP contribution in [0.1, 0.15) is 47.8 Å². The van der Waals surface area contributed by atoms with E-state index in [1.165, 1.54) is 24.3 Å².